The van der Waals surface area contributed by atoms with Gasteiger partial charge in [-0.05, 0) is 36.4 Å². The van der Waals surface area contributed by atoms with Crippen LogP contribution < -0.4 is 4.74 Å². The van der Waals surface area contributed by atoms with Gasteiger partial charge in [0.25, 0.3) is 0 Å². The van der Waals surface area contributed by atoms with Gasteiger partial charge in [-0.2, -0.15) is 13.9 Å². The molecular weight excluding hydrogens is 444 g/mol. The van der Waals surface area contributed by atoms with Crippen molar-refractivity contribution >= 4 is 27.9 Å². The summed E-state index contributed by atoms with van der Waals surface area (Å²) in [6.45, 7) is -2.59. The number of halogens is 3. The van der Waals surface area contributed by atoms with Crippen LogP contribution in [0.5, 0.6) is 5.75 Å². The van der Waals surface area contributed by atoms with Gasteiger partial charge in [0.05, 0.1) is 11.9 Å². The Hall–Kier alpha value is -3.00. The van der Waals surface area contributed by atoms with Crippen LogP contribution in [0.3, 0.4) is 0 Å². The maximum absolute atomic E-state index is 12.6. The molecule has 0 atom stereocenters. The maximum Gasteiger partial charge on any atom is 0.387 e. The van der Waals surface area contributed by atoms with Gasteiger partial charge in [0.2, 0.25) is 5.91 Å². The second-order valence-corrected chi connectivity index (χ2v) is 7.13. The number of alkyl halides is 2. The number of para-hydroxylation sites is 1. The van der Waals surface area contributed by atoms with Crippen molar-refractivity contribution in [2.75, 3.05) is 7.05 Å². The third kappa shape index (κ3) is 5.74. The third-order valence-electron chi connectivity index (χ3n) is 4.05. The topological polar surface area (TPSA) is 47.4 Å². The molecule has 0 N–H and O–H groups in total. The first-order chi connectivity index (χ1) is 13.9. The highest BCUT2D eigenvalue weighted by Gasteiger charge is 2.11. The Labute approximate surface area is 175 Å². The Bertz CT molecular complexity index is 1010. The van der Waals surface area contributed by atoms with E-state index in [-0.39, 0.29) is 11.7 Å². The van der Waals surface area contributed by atoms with Crippen LogP contribution in [0, 0.1) is 0 Å². The smallest absolute Gasteiger partial charge is 0.387 e. The van der Waals surface area contributed by atoms with Crippen molar-refractivity contribution < 1.29 is 18.3 Å². The van der Waals surface area contributed by atoms with Gasteiger partial charge < -0.3 is 9.64 Å². The van der Waals surface area contributed by atoms with E-state index in [1.807, 2.05) is 36.5 Å². The number of nitrogens with zero attached hydrogens (tertiary/aromatic N) is 3. The Morgan fingerprint density at radius 1 is 1.28 bits per heavy atom. The number of carbonyl (C=O) groups is 1. The number of amides is 1. The monoisotopic (exact) mass is 461 g/mol. The average Bonchev–Trinajstić information content (AvgIpc) is 3.16. The normalized spacial score (nSPS) is 11.2. The first-order valence-electron chi connectivity index (χ1n) is 8.69. The van der Waals surface area contributed by atoms with Crippen LogP contribution in [-0.4, -0.2) is 34.2 Å². The molecule has 0 spiro atoms. The van der Waals surface area contributed by atoms with Crippen LogP contribution in [0.4, 0.5) is 8.78 Å². The van der Waals surface area contributed by atoms with Crippen molar-refractivity contribution in [3.05, 3.63) is 82.6 Å². The molecule has 0 fully saturated rings. The Morgan fingerprint density at radius 2 is 2.03 bits per heavy atom. The molecule has 1 heterocycles. The highest BCUT2D eigenvalue weighted by molar-refractivity contribution is 9.10. The molecule has 0 saturated heterocycles. The number of rotatable bonds is 7. The van der Waals surface area contributed by atoms with Gasteiger partial charge in [0, 0.05) is 41.5 Å². The number of carbonyl (C=O) groups excluding carboxylic acids is 1. The summed E-state index contributed by atoms with van der Waals surface area (Å²) in [5.41, 5.74) is 2.16. The minimum atomic E-state index is -2.94. The Balaban J connectivity index is 1.67. The zero-order valence-corrected chi connectivity index (χ0v) is 17.1. The van der Waals surface area contributed by atoms with Crippen LogP contribution in [-0.2, 0) is 11.3 Å². The van der Waals surface area contributed by atoms with Crippen LogP contribution in [0.25, 0.3) is 11.8 Å². The fraction of sp³-hybridized carbons (Fsp3) is 0.143. The summed E-state index contributed by atoms with van der Waals surface area (Å²) < 4.78 is 32.0. The first-order valence-corrected chi connectivity index (χ1v) is 9.48. The maximum atomic E-state index is 12.6. The standard InChI is InChI=1S/C21H18BrF2N3O2/c1-26(13-15-12-25-27(14-15)18-5-3-2-4-6-18)20(28)10-7-16-11-17(22)8-9-19(16)29-21(23)24/h2-12,14,21H,13H2,1H3/b10-7+. The molecule has 150 valence electrons. The fourth-order valence-corrected chi connectivity index (χ4v) is 3.04. The molecule has 5 nitrogen and oxygen atoms in total. The number of aromatic nitrogens is 2. The fourth-order valence-electron chi connectivity index (χ4n) is 2.66. The molecule has 0 aliphatic carbocycles. The summed E-state index contributed by atoms with van der Waals surface area (Å²) in [7, 11) is 1.66. The van der Waals surface area contributed by atoms with Crippen LogP contribution in [0.1, 0.15) is 11.1 Å². The van der Waals surface area contributed by atoms with Gasteiger partial charge in [0.15, 0.2) is 0 Å². The molecule has 1 aromatic heterocycles. The minimum absolute atomic E-state index is 0.000888. The summed E-state index contributed by atoms with van der Waals surface area (Å²) in [6, 6.07) is 14.3. The first kappa shape index (κ1) is 20.7. The van der Waals surface area contributed by atoms with Crippen LogP contribution >= 0.6 is 15.9 Å². The van der Waals surface area contributed by atoms with Crippen molar-refractivity contribution in [3.63, 3.8) is 0 Å². The van der Waals surface area contributed by atoms with Gasteiger partial charge in [-0.3, -0.25) is 4.79 Å². The van der Waals surface area contributed by atoms with E-state index in [0.29, 0.717) is 16.6 Å². The summed E-state index contributed by atoms with van der Waals surface area (Å²) >= 11 is 3.28. The van der Waals surface area contributed by atoms with E-state index in [4.69, 9.17) is 0 Å². The number of ether oxygens (including phenoxy) is 1. The Kier molecular flexibility index (Phi) is 6.77. The summed E-state index contributed by atoms with van der Waals surface area (Å²) in [5.74, 6) is -0.278. The second kappa shape index (κ2) is 9.47. The highest BCUT2D eigenvalue weighted by Crippen LogP contribution is 2.26. The lowest BCUT2D eigenvalue weighted by atomic mass is 10.2. The van der Waals surface area contributed by atoms with Gasteiger partial charge in [-0.25, -0.2) is 4.68 Å². The van der Waals surface area contributed by atoms with Crippen molar-refractivity contribution in [1.29, 1.82) is 0 Å². The van der Waals surface area contributed by atoms with Crippen molar-refractivity contribution in [2.45, 2.75) is 13.2 Å². The van der Waals surface area contributed by atoms with Gasteiger partial charge in [-0.15, -0.1) is 0 Å². The lowest BCUT2D eigenvalue weighted by molar-refractivity contribution is -0.125. The largest absolute Gasteiger partial charge is 0.434 e. The molecule has 2 aromatic carbocycles. The van der Waals surface area contributed by atoms with Gasteiger partial charge >= 0.3 is 6.61 Å². The van der Waals surface area contributed by atoms with E-state index in [0.717, 1.165) is 11.3 Å². The summed E-state index contributed by atoms with van der Waals surface area (Å²) in [4.78, 5) is 13.9. The molecule has 0 unspecified atom stereocenters. The van der Waals surface area contributed by atoms with Crippen LogP contribution in [0.15, 0.2) is 71.5 Å². The van der Waals surface area contributed by atoms with Crippen molar-refractivity contribution in [2.24, 2.45) is 0 Å². The van der Waals surface area contributed by atoms with E-state index in [9.17, 15) is 13.6 Å². The average molecular weight is 462 g/mol. The van der Waals surface area contributed by atoms with E-state index in [2.05, 4.69) is 25.8 Å². The molecule has 1 amide bonds. The highest BCUT2D eigenvalue weighted by atomic mass is 79.9. The number of benzene rings is 2. The van der Waals surface area contributed by atoms with Crippen molar-refractivity contribution in [1.82, 2.24) is 14.7 Å². The second-order valence-electron chi connectivity index (χ2n) is 6.22. The molecule has 0 aliphatic rings. The van der Waals surface area contributed by atoms with Crippen LogP contribution in [0.2, 0.25) is 0 Å². The zero-order chi connectivity index (χ0) is 20.8. The quantitative estimate of drug-likeness (QED) is 0.469. The van der Waals surface area contributed by atoms with E-state index >= 15 is 0 Å². The molecule has 0 radical (unpaired) electrons. The Morgan fingerprint density at radius 3 is 2.76 bits per heavy atom. The molecule has 0 bridgehead atoms. The predicted octanol–water partition coefficient (Wildman–Crippen LogP) is 4.91. The van der Waals surface area contributed by atoms with Crippen molar-refractivity contribution in [3.8, 4) is 11.4 Å². The lowest BCUT2D eigenvalue weighted by Crippen LogP contribution is -2.23. The molecule has 0 saturated carbocycles. The molecule has 3 rings (SSSR count). The van der Waals surface area contributed by atoms with E-state index < -0.39 is 6.61 Å². The lowest BCUT2D eigenvalue weighted by Gasteiger charge is -2.14. The SMILES string of the molecule is CN(Cc1cnn(-c2ccccc2)c1)C(=O)/C=C/c1cc(Br)ccc1OC(F)F. The molecule has 29 heavy (non-hydrogen) atoms. The molecule has 8 heteroatoms. The summed E-state index contributed by atoms with van der Waals surface area (Å²) in [6.07, 6.45) is 6.32. The molecule has 0 aliphatic heterocycles. The minimum Gasteiger partial charge on any atom is -0.434 e. The molecule has 3 aromatic rings. The van der Waals surface area contributed by atoms with Gasteiger partial charge in [0.1, 0.15) is 5.75 Å². The number of hydrogen-bond donors (Lipinski definition) is 0. The van der Waals surface area contributed by atoms with E-state index in [1.165, 1.54) is 23.1 Å². The zero-order valence-electron chi connectivity index (χ0n) is 15.5. The predicted molar refractivity (Wildman–Crippen MR) is 110 cm³/mol. The molecular formula is C21H18BrF2N3O2. The number of hydrogen-bond acceptors (Lipinski definition) is 3. The third-order valence-corrected chi connectivity index (χ3v) is 4.54. The summed E-state index contributed by atoms with van der Waals surface area (Å²) in [5, 5.41) is 4.31. The number of likely N-dealkylation sites (N-methyl/N-ethyl adjacent to an activating group) is 1. The van der Waals surface area contributed by atoms with E-state index in [1.54, 1.807) is 30.1 Å². The van der Waals surface area contributed by atoms with Gasteiger partial charge in [-0.1, -0.05) is 34.1 Å².